The van der Waals surface area contributed by atoms with Crippen LogP contribution in [0.4, 0.5) is 0 Å². The zero-order valence-electron chi connectivity index (χ0n) is 13.9. The number of amides is 1. The number of hydrogen-bond acceptors (Lipinski definition) is 4. The zero-order chi connectivity index (χ0) is 15.6. The van der Waals surface area contributed by atoms with Gasteiger partial charge >= 0.3 is 8.56 Å². The first-order valence-electron chi connectivity index (χ1n) is 7.43. The highest BCUT2D eigenvalue weighted by Gasteiger charge is 2.29. The minimum Gasteiger partial charge on any atom is -0.395 e. The van der Waals surface area contributed by atoms with Gasteiger partial charge in [-0.3, -0.25) is 4.79 Å². The lowest BCUT2D eigenvalue weighted by Gasteiger charge is -2.25. The van der Waals surface area contributed by atoms with Crippen LogP contribution in [0, 0.1) is 5.92 Å². The van der Waals surface area contributed by atoms with Crippen LogP contribution in [0.15, 0.2) is 0 Å². The van der Waals surface area contributed by atoms with Gasteiger partial charge in [0.15, 0.2) is 0 Å². The van der Waals surface area contributed by atoms with Gasteiger partial charge in [0.1, 0.15) is 0 Å². The van der Waals surface area contributed by atoms with Gasteiger partial charge in [-0.15, -0.1) is 0 Å². The van der Waals surface area contributed by atoms with E-state index in [2.05, 4.69) is 6.55 Å². The maximum atomic E-state index is 11.7. The smallest absolute Gasteiger partial charge is 0.334 e. The number of carbonyl (C=O) groups is 1. The molecule has 0 heterocycles. The van der Waals surface area contributed by atoms with E-state index < -0.39 is 8.56 Å². The summed E-state index contributed by atoms with van der Waals surface area (Å²) in [7, 11) is 1.67. The second-order valence-corrected chi connectivity index (χ2v) is 9.81. The molecule has 0 aromatic carbocycles. The summed E-state index contributed by atoms with van der Waals surface area (Å²) < 4.78 is 11.6. The van der Waals surface area contributed by atoms with E-state index in [0.717, 1.165) is 37.2 Å². The van der Waals surface area contributed by atoms with Gasteiger partial charge in [-0.25, -0.2) is 0 Å². The van der Waals surface area contributed by atoms with Crippen LogP contribution in [-0.4, -0.2) is 58.2 Å². The molecule has 0 aromatic rings. The van der Waals surface area contributed by atoms with E-state index in [-0.39, 0.29) is 11.8 Å². The third-order valence-electron chi connectivity index (χ3n) is 3.05. The molecule has 1 amide bonds. The standard InChI is InChI=1S/C14H31NO3SSi/c1-7-17-20(6,18-8-2)11-9-10-19-12-13(3)14(16)15(4)5/h13H,7-12H2,1-6H3. The molecule has 0 radical (unpaired) electrons. The Morgan fingerprint density at radius 2 is 1.80 bits per heavy atom. The largest absolute Gasteiger partial charge is 0.395 e. The normalized spacial score (nSPS) is 13.3. The highest BCUT2D eigenvalue weighted by molar-refractivity contribution is 7.99. The van der Waals surface area contributed by atoms with Crippen LogP contribution < -0.4 is 0 Å². The molecule has 0 fully saturated rings. The van der Waals surface area contributed by atoms with Crippen LogP contribution in [-0.2, 0) is 13.6 Å². The van der Waals surface area contributed by atoms with E-state index in [9.17, 15) is 4.79 Å². The van der Waals surface area contributed by atoms with Crippen molar-refractivity contribution >= 4 is 26.2 Å². The molecule has 0 aliphatic carbocycles. The van der Waals surface area contributed by atoms with Gasteiger partial charge in [0, 0.05) is 39.0 Å². The van der Waals surface area contributed by atoms with E-state index in [4.69, 9.17) is 8.85 Å². The molecule has 1 atom stereocenters. The van der Waals surface area contributed by atoms with E-state index in [1.165, 1.54) is 0 Å². The number of nitrogens with zero attached hydrogens (tertiary/aromatic N) is 1. The van der Waals surface area contributed by atoms with Crippen molar-refractivity contribution in [3.8, 4) is 0 Å². The number of rotatable bonds is 11. The Hall–Kier alpha value is -0.0431. The van der Waals surface area contributed by atoms with Crippen molar-refractivity contribution in [2.24, 2.45) is 5.92 Å². The summed E-state index contributed by atoms with van der Waals surface area (Å²) in [5.74, 6) is 2.25. The molecule has 0 spiro atoms. The summed E-state index contributed by atoms with van der Waals surface area (Å²) in [4.78, 5) is 13.4. The second-order valence-electron chi connectivity index (χ2n) is 5.31. The predicted molar refractivity (Wildman–Crippen MR) is 89.5 cm³/mol. The average Bonchev–Trinajstić information content (AvgIpc) is 2.37. The third kappa shape index (κ3) is 8.29. The van der Waals surface area contributed by atoms with Crippen molar-refractivity contribution < 1.29 is 13.6 Å². The molecule has 120 valence electrons. The summed E-state index contributed by atoms with van der Waals surface area (Å²) in [5, 5.41) is 0. The van der Waals surface area contributed by atoms with Gasteiger partial charge in [-0.1, -0.05) is 6.92 Å². The average molecular weight is 322 g/mol. The molecular weight excluding hydrogens is 290 g/mol. The highest BCUT2D eigenvalue weighted by atomic mass is 32.2. The van der Waals surface area contributed by atoms with Crippen LogP contribution in [0.25, 0.3) is 0 Å². The van der Waals surface area contributed by atoms with E-state index in [0.29, 0.717) is 0 Å². The molecular formula is C14H31NO3SSi. The first-order valence-corrected chi connectivity index (χ1v) is 11.1. The lowest BCUT2D eigenvalue weighted by molar-refractivity contribution is -0.131. The third-order valence-corrected chi connectivity index (χ3v) is 7.42. The van der Waals surface area contributed by atoms with Crippen molar-refractivity contribution in [2.75, 3.05) is 38.8 Å². The molecule has 0 aliphatic heterocycles. The Labute approximate surface area is 129 Å². The minimum absolute atomic E-state index is 0.0948. The Balaban J connectivity index is 3.87. The Morgan fingerprint density at radius 3 is 2.25 bits per heavy atom. The maximum absolute atomic E-state index is 11.7. The van der Waals surface area contributed by atoms with Crippen LogP contribution in [0.1, 0.15) is 27.2 Å². The summed E-state index contributed by atoms with van der Waals surface area (Å²) in [6, 6.07) is 1.03. The van der Waals surface area contributed by atoms with Crippen LogP contribution >= 0.6 is 11.8 Å². The lowest BCUT2D eigenvalue weighted by atomic mass is 10.2. The maximum Gasteiger partial charge on any atom is 0.334 e. The molecule has 1 unspecified atom stereocenters. The van der Waals surface area contributed by atoms with Gasteiger partial charge < -0.3 is 13.8 Å². The van der Waals surface area contributed by atoms with Crippen molar-refractivity contribution in [3.05, 3.63) is 0 Å². The van der Waals surface area contributed by atoms with Crippen molar-refractivity contribution in [3.63, 3.8) is 0 Å². The fraction of sp³-hybridized carbons (Fsp3) is 0.929. The lowest BCUT2D eigenvalue weighted by Crippen LogP contribution is -2.38. The van der Waals surface area contributed by atoms with Crippen molar-refractivity contribution in [1.82, 2.24) is 4.90 Å². The summed E-state index contributed by atoms with van der Waals surface area (Å²) in [6.45, 7) is 9.63. The zero-order valence-corrected chi connectivity index (χ0v) is 15.7. The molecule has 20 heavy (non-hydrogen) atoms. The first kappa shape index (κ1) is 20.0. The number of hydrogen-bond donors (Lipinski definition) is 0. The van der Waals surface area contributed by atoms with Crippen LogP contribution in [0.3, 0.4) is 0 Å². The van der Waals surface area contributed by atoms with Gasteiger partial charge in [0.05, 0.1) is 0 Å². The Bertz CT molecular complexity index is 271. The number of thioether (sulfide) groups is 1. The molecule has 6 heteroatoms. The summed E-state index contributed by atoms with van der Waals surface area (Å²) in [6.07, 6.45) is 1.09. The number of carbonyl (C=O) groups excluding carboxylic acids is 1. The van der Waals surface area contributed by atoms with Gasteiger partial charge in [0.2, 0.25) is 5.91 Å². The fourth-order valence-electron chi connectivity index (χ4n) is 2.06. The molecule has 0 saturated carbocycles. The first-order chi connectivity index (χ1) is 9.36. The van der Waals surface area contributed by atoms with E-state index in [1.54, 1.807) is 4.90 Å². The molecule has 0 aromatic heterocycles. The van der Waals surface area contributed by atoms with E-state index in [1.807, 2.05) is 46.6 Å². The van der Waals surface area contributed by atoms with Gasteiger partial charge in [0.25, 0.3) is 0 Å². The predicted octanol–water partition coefficient (Wildman–Crippen LogP) is 2.98. The van der Waals surface area contributed by atoms with Crippen molar-refractivity contribution in [1.29, 1.82) is 0 Å². The second kappa shape index (κ2) is 10.7. The van der Waals surface area contributed by atoms with Gasteiger partial charge in [-0.2, -0.15) is 11.8 Å². The molecule has 0 bridgehead atoms. The van der Waals surface area contributed by atoms with Crippen molar-refractivity contribution in [2.45, 2.75) is 39.8 Å². The Morgan fingerprint density at radius 1 is 1.25 bits per heavy atom. The van der Waals surface area contributed by atoms with Gasteiger partial charge in [-0.05, 0) is 38.6 Å². The molecule has 0 aliphatic rings. The monoisotopic (exact) mass is 321 g/mol. The molecule has 0 rings (SSSR count). The summed E-state index contributed by atoms with van der Waals surface area (Å²) in [5.41, 5.74) is 0. The quantitative estimate of drug-likeness (QED) is 0.433. The highest BCUT2D eigenvalue weighted by Crippen LogP contribution is 2.19. The van der Waals surface area contributed by atoms with E-state index >= 15 is 0 Å². The van der Waals surface area contributed by atoms with Crippen LogP contribution in [0.2, 0.25) is 12.6 Å². The Kier molecular flexibility index (Phi) is 10.6. The fourth-order valence-corrected chi connectivity index (χ4v) is 5.74. The van der Waals surface area contributed by atoms with Crippen LogP contribution in [0.5, 0.6) is 0 Å². The molecule has 0 saturated heterocycles. The molecule has 0 N–H and O–H groups in total. The topological polar surface area (TPSA) is 38.8 Å². The summed E-state index contributed by atoms with van der Waals surface area (Å²) >= 11 is 1.85. The SMILES string of the molecule is CCO[Si](C)(CCCSCC(C)C(=O)N(C)C)OCC. The minimum atomic E-state index is -1.95. The molecule has 4 nitrogen and oxygen atoms in total.